The van der Waals surface area contributed by atoms with Crippen molar-refractivity contribution in [2.45, 2.75) is 26.3 Å². The molecule has 0 saturated heterocycles. The van der Waals surface area contributed by atoms with E-state index in [1.54, 1.807) is 51.5 Å². The zero-order chi connectivity index (χ0) is 22.8. The van der Waals surface area contributed by atoms with Crippen LogP contribution in [0, 0.1) is 6.92 Å². The molecule has 0 heterocycles. The van der Waals surface area contributed by atoms with E-state index in [0.717, 1.165) is 11.1 Å². The number of nitrogens with one attached hydrogen (secondary N) is 2. The van der Waals surface area contributed by atoms with E-state index in [9.17, 15) is 14.4 Å². The van der Waals surface area contributed by atoms with Gasteiger partial charge in [-0.3, -0.25) is 14.4 Å². The van der Waals surface area contributed by atoms with E-state index in [0.29, 0.717) is 17.1 Å². The molecule has 1 atom stereocenters. The SMILES string of the molecule is COc1ccc(OC)c(C(C)NC(=O)COC(=O)CCNC(=O)c2ccccc2C)c1. The van der Waals surface area contributed by atoms with Crippen molar-refractivity contribution in [2.24, 2.45) is 0 Å². The summed E-state index contributed by atoms with van der Waals surface area (Å²) in [5.41, 5.74) is 2.14. The standard InChI is InChI=1S/C23H28N2O6/c1-15-7-5-6-8-18(15)23(28)24-12-11-22(27)31-14-21(26)25-16(2)19-13-17(29-3)9-10-20(19)30-4/h5-10,13,16H,11-12,14H2,1-4H3,(H,24,28)(H,25,26). The maximum atomic E-state index is 12.2. The fraction of sp³-hybridized carbons (Fsp3) is 0.348. The summed E-state index contributed by atoms with van der Waals surface area (Å²) < 4.78 is 15.5. The number of rotatable bonds is 10. The van der Waals surface area contributed by atoms with Crippen LogP contribution in [-0.2, 0) is 14.3 Å². The number of hydrogen-bond acceptors (Lipinski definition) is 6. The fourth-order valence-electron chi connectivity index (χ4n) is 2.96. The average molecular weight is 428 g/mol. The average Bonchev–Trinajstić information content (AvgIpc) is 2.77. The minimum atomic E-state index is -0.577. The molecule has 1 unspecified atom stereocenters. The Balaban J connectivity index is 1.76. The van der Waals surface area contributed by atoms with Crippen molar-refractivity contribution in [2.75, 3.05) is 27.4 Å². The van der Waals surface area contributed by atoms with Gasteiger partial charge in [0.25, 0.3) is 11.8 Å². The van der Waals surface area contributed by atoms with Crippen molar-refractivity contribution in [1.29, 1.82) is 0 Å². The highest BCUT2D eigenvalue weighted by atomic mass is 16.5. The van der Waals surface area contributed by atoms with Crippen LogP contribution in [0.3, 0.4) is 0 Å². The van der Waals surface area contributed by atoms with E-state index >= 15 is 0 Å². The van der Waals surface area contributed by atoms with Gasteiger partial charge in [0.05, 0.1) is 26.7 Å². The first kappa shape index (κ1) is 23.7. The second-order valence-corrected chi connectivity index (χ2v) is 6.88. The highest BCUT2D eigenvalue weighted by Gasteiger charge is 2.16. The molecule has 2 aromatic carbocycles. The Morgan fingerprint density at radius 3 is 2.45 bits per heavy atom. The van der Waals surface area contributed by atoms with Crippen LogP contribution in [0.5, 0.6) is 11.5 Å². The number of carbonyl (C=O) groups excluding carboxylic acids is 3. The van der Waals surface area contributed by atoms with Crippen LogP contribution in [0.1, 0.15) is 40.9 Å². The van der Waals surface area contributed by atoms with E-state index < -0.39 is 18.5 Å². The summed E-state index contributed by atoms with van der Waals surface area (Å²) in [6.07, 6.45) is -0.0375. The molecule has 166 valence electrons. The summed E-state index contributed by atoms with van der Waals surface area (Å²) in [6.45, 7) is 3.33. The molecule has 0 aliphatic rings. The van der Waals surface area contributed by atoms with E-state index in [4.69, 9.17) is 14.2 Å². The Labute approximate surface area is 181 Å². The number of carbonyl (C=O) groups is 3. The molecule has 31 heavy (non-hydrogen) atoms. The summed E-state index contributed by atoms with van der Waals surface area (Å²) in [7, 11) is 3.09. The number of ether oxygens (including phenoxy) is 3. The van der Waals surface area contributed by atoms with Crippen molar-refractivity contribution in [3.8, 4) is 11.5 Å². The van der Waals surface area contributed by atoms with Gasteiger partial charge in [0.15, 0.2) is 6.61 Å². The van der Waals surface area contributed by atoms with E-state index in [2.05, 4.69) is 10.6 Å². The van der Waals surface area contributed by atoms with Crippen LogP contribution in [0.4, 0.5) is 0 Å². The van der Waals surface area contributed by atoms with Gasteiger partial charge in [0.1, 0.15) is 11.5 Å². The second kappa shape index (κ2) is 11.6. The van der Waals surface area contributed by atoms with Gasteiger partial charge in [0, 0.05) is 17.7 Å². The van der Waals surface area contributed by atoms with Crippen LogP contribution >= 0.6 is 0 Å². The molecule has 8 heteroatoms. The molecular formula is C23H28N2O6. The van der Waals surface area contributed by atoms with Gasteiger partial charge >= 0.3 is 5.97 Å². The maximum absolute atomic E-state index is 12.2. The van der Waals surface area contributed by atoms with Gasteiger partial charge in [-0.05, 0) is 43.7 Å². The lowest BCUT2D eigenvalue weighted by molar-refractivity contribution is -0.148. The van der Waals surface area contributed by atoms with E-state index in [1.807, 2.05) is 19.1 Å². The van der Waals surface area contributed by atoms with E-state index in [-0.39, 0.29) is 24.9 Å². The van der Waals surface area contributed by atoms with Crippen LogP contribution in [0.25, 0.3) is 0 Å². The molecule has 0 spiro atoms. The van der Waals surface area contributed by atoms with Gasteiger partial charge < -0.3 is 24.8 Å². The highest BCUT2D eigenvalue weighted by molar-refractivity contribution is 5.95. The lowest BCUT2D eigenvalue weighted by Gasteiger charge is -2.18. The first-order chi connectivity index (χ1) is 14.8. The molecular weight excluding hydrogens is 400 g/mol. The lowest BCUT2D eigenvalue weighted by atomic mass is 10.1. The molecule has 0 saturated carbocycles. The monoisotopic (exact) mass is 428 g/mol. The molecule has 8 nitrogen and oxygen atoms in total. The Bertz CT molecular complexity index is 928. The predicted octanol–water partition coefficient (Wildman–Crippen LogP) is 2.55. The molecule has 0 radical (unpaired) electrons. The summed E-state index contributed by atoms with van der Waals surface area (Å²) in [5, 5.41) is 5.43. The lowest BCUT2D eigenvalue weighted by Crippen LogP contribution is -2.32. The number of methoxy groups -OCH3 is 2. The molecule has 0 aromatic heterocycles. The van der Waals surface area contributed by atoms with Crippen molar-refractivity contribution >= 4 is 17.8 Å². The summed E-state index contributed by atoms with van der Waals surface area (Å²) in [6, 6.07) is 12.1. The molecule has 0 aliphatic heterocycles. The Morgan fingerprint density at radius 1 is 1.03 bits per heavy atom. The Morgan fingerprint density at radius 2 is 1.77 bits per heavy atom. The summed E-state index contributed by atoms with van der Waals surface area (Å²) in [5.74, 6) is -0.0442. The van der Waals surface area contributed by atoms with Crippen molar-refractivity contribution in [1.82, 2.24) is 10.6 Å². The number of benzene rings is 2. The Kier molecular flexibility index (Phi) is 8.87. The molecule has 2 aromatic rings. The minimum absolute atomic E-state index is 0.0375. The van der Waals surface area contributed by atoms with Crippen molar-refractivity contribution < 1.29 is 28.6 Å². The van der Waals surface area contributed by atoms with Gasteiger partial charge in [-0.15, -0.1) is 0 Å². The zero-order valence-corrected chi connectivity index (χ0v) is 18.2. The predicted molar refractivity (Wildman–Crippen MR) is 115 cm³/mol. The third kappa shape index (κ3) is 7.02. The molecule has 0 aliphatic carbocycles. The summed E-state index contributed by atoms with van der Waals surface area (Å²) in [4.78, 5) is 36.2. The molecule has 2 rings (SSSR count). The normalized spacial score (nSPS) is 11.2. The first-order valence-corrected chi connectivity index (χ1v) is 9.86. The summed E-state index contributed by atoms with van der Waals surface area (Å²) >= 11 is 0. The number of aryl methyl sites for hydroxylation is 1. The third-order valence-corrected chi connectivity index (χ3v) is 4.65. The van der Waals surface area contributed by atoms with Crippen LogP contribution in [0.2, 0.25) is 0 Å². The molecule has 0 fully saturated rings. The van der Waals surface area contributed by atoms with Crippen LogP contribution < -0.4 is 20.1 Å². The Hall–Kier alpha value is -3.55. The topological polar surface area (TPSA) is 103 Å². The smallest absolute Gasteiger partial charge is 0.308 e. The minimum Gasteiger partial charge on any atom is -0.497 e. The number of esters is 1. The first-order valence-electron chi connectivity index (χ1n) is 9.86. The number of amides is 2. The molecule has 0 bridgehead atoms. The second-order valence-electron chi connectivity index (χ2n) is 6.88. The maximum Gasteiger partial charge on any atom is 0.308 e. The zero-order valence-electron chi connectivity index (χ0n) is 18.2. The van der Waals surface area contributed by atoms with Crippen LogP contribution in [0.15, 0.2) is 42.5 Å². The quantitative estimate of drug-likeness (QED) is 0.564. The van der Waals surface area contributed by atoms with Gasteiger partial charge in [-0.1, -0.05) is 18.2 Å². The molecule has 2 N–H and O–H groups in total. The van der Waals surface area contributed by atoms with E-state index in [1.165, 1.54) is 0 Å². The van der Waals surface area contributed by atoms with Gasteiger partial charge in [-0.2, -0.15) is 0 Å². The van der Waals surface area contributed by atoms with Gasteiger partial charge in [-0.25, -0.2) is 0 Å². The largest absolute Gasteiger partial charge is 0.497 e. The molecule has 2 amide bonds. The fourth-order valence-corrected chi connectivity index (χ4v) is 2.96. The third-order valence-electron chi connectivity index (χ3n) is 4.65. The van der Waals surface area contributed by atoms with Gasteiger partial charge in [0.2, 0.25) is 0 Å². The number of hydrogen-bond donors (Lipinski definition) is 2. The van der Waals surface area contributed by atoms with Crippen molar-refractivity contribution in [3.05, 3.63) is 59.2 Å². The van der Waals surface area contributed by atoms with Crippen LogP contribution in [-0.4, -0.2) is 45.2 Å². The van der Waals surface area contributed by atoms with Crippen molar-refractivity contribution in [3.63, 3.8) is 0 Å². The highest BCUT2D eigenvalue weighted by Crippen LogP contribution is 2.29.